The van der Waals surface area contributed by atoms with Crippen molar-refractivity contribution in [1.29, 1.82) is 0 Å². The lowest BCUT2D eigenvalue weighted by atomic mass is 10.4. The summed E-state index contributed by atoms with van der Waals surface area (Å²) in [6, 6.07) is 21.8. The van der Waals surface area contributed by atoms with Crippen molar-refractivity contribution in [3.63, 3.8) is 0 Å². The molecule has 4 heteroatoms. The van der Waals surface area contributed by atoms with E-state index in [9.17, 15) is 0 Å². The van der Waals surface area contributed by atoms with Crippen LogP contribution in [0.5, 0.6) is 0 Å². The molecule has 0 radical (unpaired) electrons. The Bertz CT molecular complexity index is 479. The summed E-state index contributed by atoms with van der Waals surface area (Å²) < 4.78 is 0. The quantitative estimate of drug-likeness (QED) is 0.319. The molecule has 158 valence electrons. The number of hydrogen-bond donors (Lipinski definition) is 2. The van der Waals surface area contributed by atoms with Gasteiger partial charge in [-0.05, 0) is 59.0 Å². The van der Waals surface area contributed by atoms with Crippen LogP contribution < -0.4 is 5.32 Å². The molecule has 2 nitrogen and oxygen atoms in total. The number of halogens is 1. The molecule has 0 bridgehead atoms. The lowest BCUT2D eigenvalue weighted by Gasteiger charge is -2.35. The maximum absolute atomic E-state index is 8.23. The van der Waals surface area contributed by atoms with E-state index in [4.69, 9.17) is 5.11 Å². The van der Waals surface area contributed by atoms with E-state index in [1.54, 1.807) is 0 Å². The summed E-state index contributed by atoms with van der Waals surface area (Å²) in [5, 5.41) is 11.3. The van der Waals surface area contributed by atoms with Crippen molar-refractivity contribution in [2.75, 3.05) is 31.7 Å². The maximum Gasteiger partial charge on any atom is 0.0555 e. The number of rotatable bonds is 7. The van der Waals surface area contributed by atoms with Crippen molar-refractivity contribution in [2.45, 2.75) is 51.3 Å². The molecule has 0 aromatic heterocycles. The molecule has 2 aromatic rings. The third-order valence-electron chi connectivity index (χ3n) is 3.82. The highest BCUT2D eigenvalue weighted by molar-refractivity contribution is 14.0. The first kappa shape index (κ1) is 31.1. The molecule has 0 saturated heterocycles. The second-order valence-corrected chi connectivity index (χ2v) is 9.17. The molecule has 0 saturated carbocycles. The van der Waals surface area contributed by atoms with E-state index in [0.29, 0.717) is 0 Å². The lowest BCUT2D eigenvalue weighted by molar-refractivity contribution is 0.292. The van der Waals surface area contributed by atoms with Crippen LogP contribution in [0.2, 0.25) is 0 Å². The topological polar surface area (TPSA) is 32.3 Å². The molecule has 2 aromatic carbocycles. The minimum Gasteiger partial charge on any atom is -0.395 e. The van der Waals surface area contributed by atoms with E-state index in [0.717, 1.165) is 19.5 Å². The second-order valence-electron chi connectivity index (χ2n) is 5.48. The monoisotopic (exact) mass is 507 g/mol. The third-order valence-corrected chi connectivity index (χ3v) is 7.60. The largest absolute Gasteiger partial charge is 0.395 e. The van der Waals surface area contributed by atoms with Crippen LogP contribution in [0.15, 0.2) is 70.5 Å². The summed E-state index contributed by atoms with van der Waals surface area (Å²) in [4.78, 5) is 2.95. The smallest absolute Gasteiger partial charge is 0.0555 e. The van der Waals surface area contributed by atoms with Gasteiger partial charge in [0.05, 0.1) is 6.61 Å². The van der Waals surface area contributed by atoms with E-state index in [1.807, 2.05) is 13.8 Å². The molecule has 0 heterocycles. The molecule has 0 aliphatic heterocycles. The Hall–Kier alpha value is -0.560. The highest BCUT2D eigenvalue weighted by atomic mass is 127. The van der Waals surface area contributed by atoms with Crippen molar-refractivity contribution in [3.05, 3.63) is 60.7 Å². The summed E-state index contributed by atoms with van der Waals surface area (Å²) in [6.45, 7) is 10.4. The van der Waals surface area contributed by atoms with Gasteiger partial charge in [-0.25, -0.2) is 0 Å². The molecular weight excluding hydrogens is 465 g/mol. The first-order valence-electron chi connectivity index (χ1n) is 9.36. The molecule has 0 atom stereocenters. The molecule has 2 N–H and O–H groups in total. The van der Waals surface area contributed by atoms with Crippen LogP contribution in [0.4, 0.5) is 0 Å². The van der Waals surface area contributed by atoms with Gasteiger partial charge in [0.25, 0.3) is 0 Å². The number of nitrogens with one attached hydrogen (secondary N) is 1. The van der Waals surface area contributed by atoms with E-state index in [-0.39, 0.29) is 38.0 Å². The Morgan fingerprint density at radius 1 is 0.815 bits per heavy atom. The molecule has 0 aliphatic carbocycles. The molecular formula is C23H42INOS. The highest BCUT2D eigenvalue weighted by Crippen LogP contribution is 2.58. The maximum atomic E-state index is 8.23. The molecule has 27 heavy (non-hydrogen) atoms. The normalized spacial score (nSPS) is 10.0. The van der Waals surface area contributed by atoms with Crippen molar-refractivity contribution < 1.29 is 5.11 Å². The van der Waals surface area contributed by atoms with Gasteiger partial charge in [0.1, 0.15) is 0 Å². The van der Waals surface area contributed by atoms with Crippen molar-refractivity contribution in [2.24, 2.45) is 0 Å². The van der Waals surface area contributed by atoms with Crippen LogP contribution in [0.3, 0.4) is 0 Å². The zero-order valence-corrected chi connectivity index (χ0v) is 20.2. The van der Waals surface area contributed by atoms with Gasteiger partial charge in [0.2, 0.25) is 0 Å². The van der Waals surface area contributed by atoms with E-state index < -0.39 is 10.0 Å². The average Bonchev–Trinajstić information content (AvgIpc) is 2.71. The van der Waals surface area contributed by atoms with Gasteiger partial charge in [0.15, 0.2) is 0 Å². The second kappa shape index (κ2) is 20.2. The van der Waals surface area contributed by atoms with Crippen LogP contribution in [0.1, 0.15) is 41.5 Å². The van der Waals surface area contributed by atoms with Gasteiger partial charge < -0.3 is 10.4 Å². The number of aliphatic hydroxyl groups excluding tert-OH is 1. The van der Waals surface area contributed by atoms with Crippen LogP contribution in [0, 0.1) is 0 Å². The standard InChI is InChI=1S/C15H18S.C5H13NO.C2H6.CH4.HI/c1-3-16(2,14-10-6-4-7-11-14)15-12-8-5-9-13-15;1-2-3-6-4-5-7;1-2;;/h4-13H,3H2,1-2H3;6-7H,2-5H2,1H3;1-2H3;1H4;1H. The predicted molar refractivity (Wildman–Crippen MR) is 137 cm³/mol. The van der Waals surface area contributed by atoms with E-state index in [2.05, 4.69) is 86.1 Å². The Balaban J connectivity index is -0.000000453. The third kappa shape index (κ3) is 11.8. The highest BCUT2D eigenvalue weighted by Gasteiger charge is 2.20. The fourth-order valence-corrected chi connectivity index (χ4v) is 4.75. The lowest BCUT2D eigenvalue weighted by Crippen LogP contribution is -2.18. The van der Waals surface area contributed by atoms with Gasteiger partial charge >= 0.3 is 0 Å². The van der Waals surface area contributed by atoms with E-state index >= 15 is 0 Å². The van der Waals surface area contributed by atoms with Gasteiger partial charge in [-0.15, -0.1) is 24.0 Å². The molecule has 2 rings (SSSR count). The summed E-state index contributed by atoms with van der Waals surface area (Å²) >= 11 is 0. The molecule has 0 spiro atoms. The van der Waals surface area contributed by atoms with Gasteiger partial charge in [-0.2, -0.15) is 10.0 Å². The van der Waals surface area contributed by atoms with Gasteiger partial charge in [-0.1, -0.05) is 71.5 Å². The number of hydrogen-bond acceptors (Lipinski definition) is 2. The summed E-state index contributed by atoms with van der Waals surface area (Å²) in [7, 11) is -0.834. The van der Waals surface area contributed by atoms with E-state index in [1.165, 1.54) is 15.5 Å². The summed E-state index contributed by atoms with van der Waals surface area (Å²) in [6.07, 6.45) is 3.54. The van der Waals surface area contributed by atoms with Crippen molar-refractivity contribution in [1.82, 2.24) is 5.32 Å². The average molecular weight is 508 g/mol. The Morgan fingerprint density at radius 2 is 1.22 bits per heavy atom. The first-order chi connectivity index (χ1) is 12.2. The summed E-state index contributed by atoms with van der Waals surface area (Å²) in [5.41, 5.74) is 0. The van der Waals surface area contributed by atoms with Crippen LogP contribution >= 0.6 is 34.0 Å². The van der Waals surface area contributed by atoms with Crippen LogP contribution in [-0.4, -0.2) is 36.8 Å². The zero-order chi connectivity index (χ0) is 19.0. The van der Waals surface area contributed by atoms with Gasteiger partial charge in [0, 0.05) is 6.54 Å². The first-order valence-corrected chi connectivity index (χ1v) is 11.6. The minimum atomic E-state index is -0.834. The minimum absolute atomic E-state index is 0. The van der Waals surface area contributed by atoms with Crippen LogP contribution in [-0.2, 0) is 0 Å². The summed E-state index contributed by atoms with van der Waals surface area (Å²) in [5.74, 6) is 1.20. The van der Waals surface area contributed by atoms with Crippen LogP contribution in [0.25, 0.3) is 0 Å². The fraction of sp³-hybridized carbons (Fsp3) is 0.478. The van der Waals surface area contributed by atoms with Gasteiger partial charge in [-0.3, -0.25) is 0 Å². The molecule has 0 amide bonds. The van der Waals surface area contributed by atoms with Crippen molar-refractivity contribution >= 4 is 34.0 Å². The zero-order valence-electron chi connectivity index (χ0n) is 17.1. The number of benzene rings is 2. The molecule has 0 aliphatic rings. The Morgan fingerprint density at radius 3 is 1.52 bits per heavy atom. The fourth-order valence-electron chi connectivity index (χ4n) is 2.29. The predicted octanol–water partition coefficient (Wildman–Crippen LogP) is 6.82. The Labute approximate surface area is 187 Å². The molecule has 0 fully saturated rings. The molecule has 0 unspecified atom stereocenters. The SMILES string of the molecule is C.CC.CCCNCCO.CCS(C)(c1ccccc1)c1ccccc1.I. The van der Waals surface area contributed by atoms with Crippen molar-refractivity contribution in [3.8, 4) is 0 Å². The number of aliphatic hydroxyl groups is 1. The Kier molecular flexibility index (Phi) is 23.3.